The van der Waals surface area contributed by atoms with Crippen molar-refractivity contribution >= 4 is 35.0 Å². The SMILES string of the molecule is CCCC(=O)N(Cc1ccc(Cl)cc1Cl)[C@@H](Cc1ccccc1)C(=O)NC(C)C. The summed E-state index contributed by atoms with van der Waals surface area (Å²) < 4.78 is 0. The Balaban J connectivity index is 2.40. The fourth-order valence-electron chi connectivity index (χ4n) is 3.13. The molecular formula is C23H28Cl2N2O2. The molecule has 0 saturated carbocycles. The van der Waals surface area contributed by atoms with Gasteiger partial charge in [0.15, 0.2) is 0 Å². The Morgan fingerprint density at radius 1 is 1.07 bits per heavy atom. The summed E-state index contributed by atoms with van der Waals surface area (Å²) in [6.45, 7) is 6.01. The van der Waals surface area contributed by atoms with Gasteiger partial charge in [-0.3, -0.25) is 9.59 Å². The highest BCUT2D eigenvalue weighted by Crippen LogP contribution is 2.24. The molecule has 0 unspecified atom stereocenters. The average Bonchev–Trinajstić information content (AvgIpc) is 2.66. The molecule has 6 heteroatoms. The van der Waals surface area contributed by atoms with Crippen molar-refractivity contribution in [3.8, 4) is 0 Å². The van der Waals surface area contributed by atoms with E-state index in [4.69, 9.17) is 23.2 Å². The fraction of sp³-hybridized carbons (Fsp3) is 0.391. The van der Waals surface area contributed by atoms with Crippen molar-refractivity contribution in [1.82, 2.24) is 10.2 Å². The van der Waals surface area contributed by atoms with Gasteiger partial charge in [-0.15, -0.1) is 0 Å². The van der Waals surface area contributed by atoms with Crippen LogP contribution in [0, 0.1) is 0 Å². The first-order valence-electron chi connectivity index (χ1n) is 9.89. The lowest BCUT2D eigenvalue weighted by Gasteiger charge is -2.32. The number of halogens is 2. The summed E-state index contributed by atoms with van der Waals surface area (Å²) in [5, 5.41) is 3.98. The molecular weight excluding hydrogens is 407 g/mol. The van der Waals surface area contributed by atoms with Crippen LogP contribution in [0.2, 0.25) is 10.0 Å². The van der Waals surface area contributed by atoms with Crippen LogP contribution in [0.15, 0.2) is 48.5 Å². The Morgan fingerprint density at radius 3 is 2.34 bits per heavy atom. The summed E-state index contributed by atoms with van der Waals surface area (Å²) >= 11 is 12.4. The van der Waals surface area contributed by atoms with E-state index in [0.29, 0.717) is 29.3 Å². The zero-order valence-electron chi connectivity index (χ0n) is 17.1. The maximum absolute atomic E-state index is 13.1. The maximum Gasteiger partial charge on any atom is 0.243 e. The van der Waals surface area contributed by atoms with Crippen LogP contribution in [0.25, 0.3) is 0 Å². The molecule has 1 atom stereocenters. The van der Waals surface area contributed by atoms with E-state index < -0.39 is 6.04 Å². The van der Waals surface area contributed by atoms with Crippen molar-refractivity contribution in [3.05, 3.63) is 69.7 Å². The largest absolute Gasteiger partial charge is 0.352 e. The van der Waals surface area contributed by atoms with Gasteiger partial charge in [-0.2, -0.15) is 0 Å². The van der Waals surface area contributed by atoms with Crippen molar-refractivity contribution in [2.24, 2.45) is 0 Å². The lowest BCUT2D eigenvalue weighted by atomic mass is 10.0. The Labute approximate surface area is 183 Å². The molecule has 0 fully saturated rings. The van der Waals surface area contributed by atoms with E-state index >= 15 is 0 Å². The molecule has 2 amide bonds. The van der Waals surface area contributed by atoms with E-state index in [2.05, 4.69) is 5.32 Å². The molecule has 0 aliphatic heterocycles. The topological polar surface area (TPSA) is 49.4 Å². The Kier molecular flexibility index (Phi) is 8.99. The number of nitrogens with one attached hydrogen (secondary N) is 1. The maximum atomic E-state index is 13.1. The summed E-state index contributed by atoms with van der Waals surface area (Å²) in [6.07, 6.45) is 1.50. The minimum Gasteiger partial charge on any atom is -0.352 e. The first kappa shape index (κ1) is 23.2. The molecule has 2 aromatic rings. The molecule has 0 spiro atoms. The molecule has 156 valence electrons. The summed E-state index contributed by atoms with van der Waals surface area (Å²) in [4.78, 5) is 27.7. The minimum atomic E-state index is -0.634. The average molecular weight is 435 g/mol. The second-order valence-electron chi connectivity index (χ2n) is 7.38. The number of benzene rings is 2. The van der Waals surface area contributed by atoms with Crippen LogP contribution in [0.4, 0.5) is 0 Å². The highest BCUT2D eigenvalue weighted by molar-refractivity contribution is 6.35. The molecule has 0 heterocycles. The van der Waals surface area contributed by atoms with Gasteiger partial charge in [0.2, 0.25) is 11.8 Å². The highest BCUT2D eigenvalue weighted by Gasteiger charge is 2.30. The molecule has 2 aromatic carbocycles. The molecule has 0 bridgehead atoms. The predicted molar refractivity (Wildman–Crippen MR) is 119 cm³/mol. The molecule has 0 aromatic heterocycles. The molecule has 4 nitrogen and oxygen atoms in total. The summed E-state index contributed by atoms with van der Waals surface area (Å²) in [6, 6.07) is 14.3. The Morgan fingerprint density at radius 2 is 1.76 bits per heavy atom. The zero-order valence-corrected chi connectivity index (χ0v) is 18.6. The molecule has 1 N–H and O–H groups in total. The third-order valence-corrected chi connectivity index (χ3v) is 5.11. The molecule has 0 aliphatic rings. The predicted octanol–water partition coefficient (Wildman–Crippen LogP) is 5.26. The van der Waals surface area contributed by atoms with E-state index in [9.17, 15) is 9.59 Å². The van der Waals surface area contributed by atoms with Crippen molar-refractivity contribution in [2.45, 2.75) is 58.7 Å². The van der Waals surface area contributed by atoms with Gasteiger partial charge in [0.25, 0.3) is 0 Å². The van der Waals surface area contributed by atoms with Gasteiger partial charge in [0, 0.05) is 35.5 Å². The van der Waals surface area contributed by atoms with Gasteiger partial charge < -0.3 is 10.2 Å². The van der Waals surface area contributed by atoms with Gasteiger partial charge in [-0.05, 0) is 43.5 Å². The standard InChI is InChI=1S/C23H28Cl2N2O2/c1-4-8-22(28)27(15-18-11-12-19(24)14-20(18)25)21(23(29)26-16(2)3)13-17-9-6-5-7-10-17/h5-7,9-12,14,16,21H,4,8,13,15H2,1-3H3,(H,26,29)/t21-/m0/s1. The Bertz CT molecular complexity index is 825. The lowest BCUT2D eigenvalue weighted by molar-refractivity contribution is -0.141. The Hall–Kier alpha value is -2.04. The van der Waals surface area contributed by atoms with Gasteiger partial charge in [0.1, 0.15) is 6.04 Å². The number of amides is 2. The van der Waals surface area contributed by atoms with E-state index in [1.54, 1.807) is 23.1 Å². The normalized spacial score (nSPS) is 11.9. The van der Waals surface area contributed by atoms with Crippen LogP contribution in [-0.2, 0) is 22.6 Å². The second-order valence-corrected chi connectivity index (χ2v) is 8.22. The highest BCUT2D eigenvalue weighted by atomic mass is 35.5. The van der Waals surface area contributed by atoms with Gasteiger partial charge in [0.05, 0.1) is 0 Å². The van der Waals surface area contributed by atoms with Crippen molar-refractivity contribution in [1.29, 1.82) is 0 Å². The van der Waals surface area contributed by atoms with Crippen LogP contribution in [0.5, 0.6) is 0 Å². The quantitative estimate of drug-likeness (QED) is 0.584. The van der Waals surface area contributed by atoms with E-state index in [0.717, 1.165) is 11.1 Å². The number of hydrogen-bond acceptors (Lipinski definition) is 2. The van der Waals surface area contributed by atoms with E-state index in [1.807, 2.05) is 51.1 Å². The molecule has 0 aliphatic carbocycles. The van der Waals surface area contributed by atoms with E-state index in [1.165, 1.54) is 0 Å². The lowest BCUT2D eigenvalue weighted by Crippen LogP contribution is -2.51. The summed E-state index contributed by atoms with van der Waals surface area (Å²) in [5.74, 6) is -0.239. The third kappa shape index (κ3) is 7.06. The van der Waals surface area contributed by atoms with Gasteiger partial charge in [-0.25, -0.2) is 0 Å². The molecule has 0 saturated heterocycles. The van der Waals surface area contributed by atoms with Crippen LogP contribution >= 0.6 is 23.2 Å². The molecule has 29 heavy (non-hydrogen) atoms. The first-order valence-corrected chi connectivity index (χ1v) is 10.6. The fourth-order valence-corrected chi connectivity index (χ4v) is 3.59. The molecule has 0 radical (unpaired) electrons. The van der Waals surface area contributed by atoms with Crippen molar-refractivity contribution in [3.63, 3.8) is 0 Å². The zero-order chi connectivity index (χ0) is 21.4. The van der Waals surface area contributed by atoms with Gasteiger partial charge >= 0.3 is 0 Å². The van der Waals surface area contributed by atoms with Crippen LogP contribution < -0.4 is 5.32 Å². The van der Waals surface area contributed by atoms with Crippen molar-refractivity contribution < 1.29 is 9.59 Å². The summed E-state index contributed by atoms with van der Waals surface area (Å²) in [7, 11) is 0. The third-order valence-electron chi connectivity index (χ3n) is 4.52. The number of nitrogens with zero attached hydrogens (tertiary/aromatic N) is 1. The second kappa shape index (κ2) is 11.2. The smallest absolute Gasteiger partial charge is 0.243 e. The van der Waals surface area contributed by atoms with Crippen LogP contribution in [0.3, 0.4) is 0 Å². The minimum absolute atomic E-state index is 0.0250. The van der Waals surface area contributed by atoms with Crippen LogP contribution in [0.1, 0.15) is 44.7 Å². The number of hydrogen-bond donors (Lipinski definition) is 1. The summed E-state index contributed by atoms with van der Waals surface area (Å²) in [5.41, 5.74) is 1.75. The number of carbonyl (C=O) groups excluding carboxylic acids is 2. The molecule has 2 rings (SSSR count). The number of carbonyl (C=O) groups is 2. The van der Waals surface area contributed by atoms with Crippen LogP contribution in [-0.4, -0.2) is 28.8 Å². The monoisotopic (exact) mass is 434 g/mol. The van der Waals surface area contributed by atoms with E-state index in [-0.39, 0.29) is 24.4 Å². The number of rotatable bonds is 9. The van der Waals surface area contributed by atoms with Crippen molar-refractivity contribution in [2.75, 3.05) is 0 Å². The first-order chi connectivity index (χ1) is 13.8. The van der Waals surface area contributed by atoms with Gasteiger partial charge in [-0.1, -0.05) is 66.5 Å².